The van der Waals surface area contributed by atoms with Gasteiger partial charge in [-0.1, -0.05) is 0 Å². The summed E-state index contributed by atoms with van der Waals surface area (Å²) >= 11 is 0. The lowest BCUT2D eigenvalue weighted by molar-refractivity contribution is -0.139. The van der Waals surface area contributed by atoms with Crippen molar-refractivity contribution in [2.45, 2.75) is 4.90 Å². The highest BCUT2D eigenvalue weighted by molar-refractivity contribution is 7.85. The zero-order chi connectivity index (χ0) is 25.8. The number of rotatable bonds is 5. The van der Waals surface area contributed by atoms with E-state index in [-0.39, 0.29) is 18.0 Å². The lowest BCUT2D eigenvalue weighted by Crippen LogP contribution is -2.34. The van der Waals surface area contributed by atoms with Gasteiger partial charge in [0.1, 0.15) is 18.9 Å². The Morgan fingerprint density at radius 3 is 2.14 bits per heavy atom. The van der Waals surface area contributed by atoms with Gasteiger partial charge in [-0.3, -0.25) is 9.35 Å². The first-order chi connectivity index (χ1) is 17.4. The smallest absolute Gasteiger partial charge is 0.325 e. The van der Waals surface area contributed by atoms with Crippen LogP contribution in [-0.2, 0) is 33.9 Å². The third-order valence-electron chi connectivity index (χ3n) is 4.98. The highest BCUT2D eigenvalue weighted by Crippen LogP contribution is 2.33. The third kappa shape index (κ3) is 8.84. The van der Waals surface area contributed by atoms with Gasteiger partial charge in [-0.15, -0.1) is 0 Å². The summed E-state index contributed by atoms with van der Waals surface area (Å²) in [5.74, 6) is 0.0504. The van der Waals surface area contributed by atoms with Crippen LogP contribution in [-0.4, -0.2) is 85.4 Å². The third-order valence-corrected chi connectivity index (χ3v) is 5.85. The monoisotopic (exact) mass is 523 g/mol. The molecule has 1 aliphatic heterocycles. The minimum atomic E-state index is -4.29. The summed E-state index contributed by atoms with van der Waals surface area (Å²) < 4.78 is 58.9. The van der Waals surface area contributed by atoms with Crippen LogP contribution in [0.25, 0.3) is 0 Å². The molecule has 1 N–H and O–H groups in total. The SMILES string of the molecule is COC(=O)CN1CCOCCOCCOCCOc2cc(N=Nc3ccc(S(=O)(=O)O)cc3)ccc21. The van der Waals surface area contributed by atoms with Crippen molar-refractivity contribution in [1.29, 1.82) is 0 Å². The summed E-state index contributed by atoms with van der Waals surface area (Å²) in [4.78, 5) is 13.6. The lowest BCUT2D eigenvalue weighted by atomic mass is 10.2. The van der Waals surface area contributed by atoms with E-state index in [1.807, 2.05) is 0 Å². The highest BCUT2D eigenvalue weighted by Gasteiger charge is 2.18. The van der Waals surface area contributed by atoms with E-state index in [0.29, 0.717) is 69.0 Å². The van der Waals surface area contributed by atoms with E-state index in [1.165, 1.54) is 31.4 Å². The average molecular weight is 524 g/mol. The number of carbonyl (C=O) groups is 1. The van der Waals surface area contributed by atoms with Gasteiger partial charge >= 0.3 is 5.97 Å². The predicted molar refractivity (Wildman–Crippen MR) is 129 cm³/mol. The van der Waals surface area contributed by atoms with Gasteiger partial charge in [0.15, 0.2) is 0 Å². The number of esters is 1. The number of ether oxygens (including phenoxy) is 5. The molecule has 0 amide bonds. The van der Waals surface area contributed by atoms with Crippen LogP contribution in [0.4, 0.5) is 17.1 Å². The molecule has 196 valence electrons. The first-order valence-electron chi connectivity index (χ1n) is 11.2. The van der Waals surface area contributed by atoms with Crippen LogP contribution in [0.1, 0.15) is 0 Å². The Morgan fingerprint density at radius 1 is 0.917 bits per heavy atom. The maximum absolute atomic E-state index is 12.1. The highest BCUT2D eigenvalue weighted by atomic mass is 32.2. The molecule has 12 nitrogen and oxygen atoms in total. The van der Waals surface area contributed by atoms with Crippen molar-refractivity contribution in [3.05, 3.63) is 42.5 Å². The molecule has 0 radical (unpaired) electrons. The van der Waals surface area contributed by atoms with Crippen LogP contribution in [0.3, 0.4) is 0 Å². The molecule has 0 fully saturated rings. The number of benzene rings is 2. The Morgan fingerprint density at radius 2 is 1.50 bits per heavy atom. The number of hydrogen-bond donors (Lipinski definition) is 1. The summed E-state index contributed by atoms with van der Waals surface area (Å²) in [5, 5.41) is 8.31. The van der Waals surface area contributed by atoms with E-state index < -0.39 is 16.1 Å². The normalized spacial score (nSPS) is 16.4. The molecule has 13 heteroatoms. The van der Waals surface area contributed by atoms with Crippen molar-refractivity contribution in [3.63, 3.8) is 0 Å². The van der Waals surface area contributed by atoms with Crippen molar-refractivity contribution in [1.82, 2.24) is 0 Å². The number of hydrogen-bond acceptors (Lipinski definition) is 11. The quantitative estimate of drug-likeness (QED) is 0.353. The van der Waals surface area contributed by atoms with Gasteiger partial charge in [0, 0.05) is 12.6 Å². The molecule has 0 atom stereocenters. The molecular formula is C23H29N3O9S. The summed E-state index contributed by atoms with van der Waals surface area (Å²) in [5.41, 5.74) is 1.50. The number of carbonyl (C=O) groups excluding carboxylic acids is 1. The Bertz CT molecular complexity index is 1120. The molecule has 0 aromatic heterocycles. The molecule has 36 heavy (non-hydrogen) atoms. The number of fused-ring (bicyclic) bond motifs is 1. The van der Waals surface area contributed by atoms with Gasteiger partial charge in [0.25, 0.3) is 10.1 Å². The number of azo groups is 1. The molecule has 2 aromatic rings. The van der Waals surface area contributed by atoms with Crippen LogP contribution in [0.2, 0.25) is 0 Å². The second-order valence-corrected chi connectivity index (χ2v) is 8.93. The Hall–Kier alpha value is -3.10. The van der Waals surface area contributed by atoms with Crippen molar-refractivity contribution >= 4 is 33.1 Å². The van der Waals surface area contributed by atoms with Gasteiger partial charge < -0.3 is 28.6 Å². The Kier molecular flexibility index (Phi) is 10.6. The summed E-state index contributed by atoms with van der Waals surface area (Å²) in [6, 6.07) is 10.5. The van der Waals surface area contributed by atoms with Crippen LogP contribution in [0.15, 0.2) is 57.6 Å². The number of anilines is 1. The number of methoxy groups -OCH3 is 1. The topological polar surface area (TPSA) is 146 Å². The van der Waals surface area contributed by atoms with E-state index >= 15 is 0 Å². The summed E-state index contributed by atoms with van der Waals surface area (Å²) in [6.07, 6.45) is 0. The molecule has 0 saturated carbocycles. The van der Waals surface area contributed by atoms with E-state index in [9.17, 15) is 13.2 Å². The van der Waals surface area contributed by atoms with E-state index in [4.69, 9.17) is 28.2 Å². The predicted octanol–water partition coefficient (Wildman–Crippen LogP) is 2.77. The van der Waals surface area contributed by atoms with Crippen molar-refractivity contribution in [2.75, 3.05) is 71.3 Å². The van der Waals surface area contributed by atoms with Crippen LogP contribution < -0.4 is 9.64 Å². The fourth-order valence-corrected chi connectivity index (χ4v) is 3.65. The van der Waals surface area contributed by atoms with Crippen molar-refractivity contribution < 1.29 is 41.4 Å². The summed E-state index contributed by atoms with van der Waals surface area (Å²) in [7, 11) is -2.96. The Labute approximate surface area is 209 Å². The van der Waals surface area contributed by atoms with Gasteiger partial charge in [-0.05, 0) is 36.4 Å². The van der Waals surface area contributed by atoms with Crippen LogP contribution in [0.5, 0.6) is 5.75 Å². The molecule has 0 unspecified atom stereocenters. The zero-order valence-corrected chi connectivity index (χ0v) is 20.7. The first-order valence-corrected chi connectivity index (χ1v) is 12.6. The minimum absolute atomic E-state index is 0.00972. The fourth-order valence-electron chi connectivity index (χ4n) is 3.17. The number of nitrogens with zero attached hydrogens (tertiary/aromatic N) is 3. The second kappa shape index (κ2) is 13.8. The van der Waals surface area contributed by atoms with Crippen molar-refractivity contribution in [2.24, 2.45) is 10.2 Å². The first kappa shape index (κ1) is 27.5. The standard InChI is InChI=1S/C23H29N3O9S/c1-31-23(27)17-26-8-9-32-10-11-33-12-13-34-14-15-35-22-16-19(4-7-21(22)26)25-24-18-2-5-20(6-3-18)36(28,29)30/h2-7,16H,8-15,17H2,1H3,(H,28,29,30). The second-order valence-electron chi connectivity index (χ2n) is 7.50. The van der Waals surface area contributed by atoms with E-state index in [1.54, 1.807) is 23.1 Å². The van der Waals surface area contributed by atoms with Crippen molar-refractivity contribution in [3.8, 4) is 5.75 Å². The summed E-state index contributed by atoms with van der Waals surface area (Å²) in [6.45, 7) is 3.08. The van der Waals surface area contributed by atoms with Crippen LogP contribution >= 0.6 is 0 Å². The minimum Gasteiger partial charge on any atom is -0.489 e. The molecule has 0 saturated heterocycles. The lowest BCUT2D eigenvalue weighted by Gasteiger charge is -2.26. The van der Waals surface area contributed by atoms with E-state index in [2.05, 4.69) is 10.2 Å². The average Bonchev–Trinajstić information content (AvgIpc) is 2.87. The van der Waals surface area contributed by atoms with Gasteiger partial charge in [-0.2, -0.15) is 18.6 Å². The maximum atomic E-state index is 12.1. The molecule has 0 spiro atoms. The fraction of sp³-hybridized carbons (Fsp3) is 0.435. The molecule has 0 bridgehead atoms. The molecular weight excluding hydrogens is 494 g/mol. The van der Waals surface area contributed by atoms with Gasteiger partial charge in [0.05, 0.1) is 68.7 Å². The maximum Gasteiger partial charge on any atom is 0.325 e. The molecule has 3 rings (SSSR count). The van der Waals surface area contributed by atoms with Gasteiger partial charge in [-0.25, -0.2) is 0 Å². The zero-order valence-electron chi connectivity index (χ0n) is 19.9. The Balaban J connectivity index is 1.84. The molecule has 1 aliphatic rings. The molecule has 1 heterocycles. The van der Waals surface area contributed by atoms with Crippen LogP contribution in [0, 0.1) is 0 Å². The largest absolute Gasteiger partial charge is 0.489 e. The van der Waals surface area contributed by atoms with Gasteiger partial charge in [0.2, 0.25) is 0 Å². The molecule has 0 aliphatic carbocycles. The van der Waals surface area contributed by atoms with E-state index in [0.717, 1.165) is 0 Å². The molecule has 2 aromatic carbocycles.